The number of nitrogens with zero attached hydrogens (tertiary/aromatic N) is 1. The molecule has 7 nitrogen and oxygen atoms in total. The van der Waals surface area contributed by atoms with Gasteiger partial charge >= 0.3 is 0 Å². The highest BCUT2D eigenvalue weighted by Crippen LogP contribution is 2.32. The summed E-state index contributed by atoms with van der Waals surface area (Å²) >= 11 is 0. The number of aromatic amines is 1. The quantitative estimate of drug-likeness (QED) is 0.612. The zero-order chi connectivity index (χ0) is 19.2. The Kier molecular flexibility index (Phi) is 4.11. The fraction of sp³-hybridized carbons (Fsp3) is 0.350. The number of hydrogen-bond acceptors (Lipinski definition) is 5. The molecule has 1 aliphatic rings. The van der Waals surface area contributed by atoms with E-state index in [0.717, 1.165) is 17.2 Å². The van der Waals surface area contributed by atoms with Crippen LogP contribution in [0.15, 0.2) is 35.4 Å². The van der Waals surface area contributed by atoms with Crippen LogP contribution in [0.25, 0.3) is 21.5 Å². The molecule has 0 bridgehead atoms. The predicted octanol–water partition coefficient (Wildman–Crippen LogP) is 1.96. The van der Waals surface area contributed by atoms with Gasteiger partial charge in [-0.3, -0.25) is 9.59 Å². The molecule has 0 unspecified atom stereocenters. The number of rotatable bonds is 4. The normalized spacial score (nSPS) is 17.4. The lowest BCUT2D eigenvalue weighted by Crippen LogP contribution is -2.31. The lowest BCUT2D eigenvalue weighted by atomic mass is 9.93. The molecule has 1 aromatic carbocycles. The van der Waals surface area contributed by atoms with E-state index in [4.69, 9.17) is 4.74 Å². The summed E-state index contributed by atoms with van der Waals surface area (Å²) in [6, 6.07) is 5.41. The number of fused-ring (bicyclic) bond motifs is 2. The van der Waals surface area contributed by atoms with E-state index in [9.17, 15) is 14.7 Å². The standard InChI is InChI=1S/C20H21N3O4/c1-20(2,26)16-9-22-18(25)15-7-11-5-6-21-19(13(11)8-14(15)16)27-10-12-3-4-17(24)23-12/h5-9,12,26H,3-4,10H2,1-2H3,(H,22,25)(H,23,24)/t12-/m0/s1. The van der Waals surface area contributed by atoms with Gasteiger partial charge in [0.05, 0.1) is 11.6 Å². The van der Waals surface area contributed by atoms with Crippen LogP contribution in [0, 0.1) is 0 Å². The van der Waals surface area contributed by atoms with Gasteiger partial charge in [0, 0.05) is 35.2 Å². The molecule has 1 aliphatic heterocycles. The number of aliphatic hydroxyl groups is 1. The Hall–Kier alpha value is -2.93. The van der Waals surface area contributed by atoms with Crippen LogP contribution < -0.4 is 15.6 Å². The first-order valence-electron chi connectivity index (χ1n) is 8.92. The summed E-state index contributed by atoms with van der Waals surface area (Å²) in [5, 5.41) is 16.1. The van der Waals surface area contributed by atoms with E-state index in [0.29, 0.717) is 35.2 Å². The van der Waals surface area contributed by atoms with Crippen LogP contribution in [-0.4, -0.2) is 33.6 Å². The first-order valence-corrected chi connectivity index (χ1v) is 8.92. The largest absolute Gasteiger partial charge is 0.475 e. The third-order valence-electron chi connectivity index (χ3n) is 4.91. The van der Waals surface area contributed by atoms with Crippen LogP contribution in [0.2, 0.25) is 0 Å². The highest BCUT2D eigenvalue weighted by Gasteiger charge is 2.23. The third-order valence-corrected chi connectivity index (χ3v) is 4.91. The molecule has 0 radical (unpaired) electrons. The van der Waals surface area contributed by atoms with E-state index in [1.165, 1.54) is 0 Å². The molecular formula is C20H21N3O4. The lowest BCUT2D eigenvalue weighted by molar-refractivity contribution is -0.119. The number of pyridine rings is 2. The van der Waals surface area contributed by atoms with Crippen LogP contribution in [0.5, 0.6) is 5.88 Å². The maximum Gasteiger partial charge on any atom is 0.255 e. The van der Waals surface area contributed by atoms with Gasteiger partial charge in [0.15, 0.2) is 0 Å². The van der Waals surface area contributed by atoms with Gasteiger partial charge in [0.2, 0.25) is 11.8 Å². The van der Waals surface area contributed by atoms with E-state index in [1.807, 2.05) is 12.1 Å². The first-order chi connectivity index (χ1) is 12.8. The number of benzene rings is 1. The van der Waals surface area contributed by atoms with E-state index >= 15 is 0 Å². The van der Waals surface area contributed by atoms with Gasteiger partial charge in [-0.2, -0.15) is 0 Å². The molecule has 0 saturated carbocycles. The molecule has 2 aromatic heterocycles. The molecule has 4 rings (SSSR count). The maximum atomic E-state index is 12.3. The average molecular weight is 367 g/mol. The second-order valence-electron chi connectivity index (χ2n) is 7.44. The SMILES string of the molecule is CC(C)(O)c1c[nH]c(=O)c2cc3ccnc(OC[C@@H]4CCC(=O)N4)c3cc12. The monoisotopic (exact) mass is 367 g/mol. The highest BCUT2D eigenvalue weighted by atomic mass is 16.5. The molecule has 0 aliphatic carbocycles. The van der Waals surface area contributed by atoms with Gasteiger partial charge in [-0.1, -0.05) is 0 Å². The van der Waals surface area contributed by atoms with Crippen molar-refractivity contribution in [3.05, 3.63) is 46.5 Å². The van der Waals surface area contributed by atoms with Gasteiger partial charge in [0.25, 0.3) is 5.56 Å². The Bertz CT molecular complexity index is 1100. The minimum Gasteiger partial charge on any atom is -0.475 e. The zero-order valence-electron chi connectivity index (χ0n) is 15.2. The van der Waals surface area contributed by atoms with E-state index in [-0.39, 0.29) is 17.5 Å². The number of aromatic nitrogens is 2. The molecule has 140 valence electrons. The number of H-pyrrole nitrogens is 1. The number of ether oxygens (including phenoxy) is 1. The summed E-state index contributed by atoms with van der Waals surface area (Å²) in [4.78, 5) is 30.7. The summed E-state index contributed by atoms with van der Waals surface area (Å²) in [6.45, 7) is 3.69. The maximum absolute atomic E-state index is 12.3. The van der Waals surface area contributed by atoms with Crippen molar-refractivity contribution in [1.29, 1.82) is 0 Å². The summed E-state index contributed by atoms with van der Waals surface area (Å²) in [7, 11) is 0. The predicted molar refractivity (Wildman–Crippen MR) is 102 cm³/mol. The van der Waals surface area contributed by atoms with E-state index in [2.05, 4.69) is 15.3 Å². The van der Waals surface area contributed by atoms with Gasteiger partial charge in [0.1, 0.15) is 6.61 Å². The minimum atomic E-state index is -1.12. The molecule has 7 heteroatoms. The second kappa shape index (κ2) is 6.35. The van der Waals surface area contributed by atoms with Crippen LogP contribution in [0.1, 0.15) is 32.3 Å². The minimum absolute atomic E-state index is 0.0233. The fourth-order valence-corrected chi connectivity index (χ4v) is 3.50. The van der Waals surface area contributed by atoms with Gasteiger partial charge in [-0.25, -0.2) is 4.98 Å². The van der Waals surface area contributed by atoms with Crippen LogP contribution in [0.3, 0.4) is 0 Å². The molecule has 3 heterocycles. The van der Waals surface area contributed by atoms with Crippen LogP contribution >= 0.6 is 0 Å². The van der Waals surface area contributed by atoms with E-state index < -0.39 is 5.60 Å². The number of carbonyl (C=O) groups excluding carboxylic acids is 1. The van der Waals surface area contributed by atoms with Crippen molar-refractivity contribution in [3.8, 4) is 5.88 Å². The molecule has 27 heavy (non-hydrogen) atoms. The first kappa shape index (κ1) is 17.5. The van der Waals surface area contributed by atoms with Gasteiger partial charge < -0.3 is 20.1 Å². The summed E-state index contributed by atoms with van der Waals surface area (Å²) in [5.74, 6) is 0.479. The molecule has 1 atom stereocenters. The smallest absolute Gasteiger partial charge is 0.255 e. The highest BCUT2D eigenvalue weighted by molar-refractivity contribution is 6.01. The van der Waals surface area contributed by atoms with Crippen molar-refractivity contribution in [2.24, 2.45) is 0 Å². The van der Waals surface area contributed by atoms with Crippen molar-refractivity contribution in [2.45, 2.75) is 38.3 Å². The van der Waals surface area contributed by atoms with Crippen molar-refractivity contribution in [2.75, 3.05) is 6.61 Å². The van der Waals surface area contributed by atoms with Gasteiger partial charge in [-0.05, 0) is 49.2 Å². The molecule has 1 saturated heterocycles. The van der Waals surface area contributed by atoms with Crippen molar-refractivity contribution in [1.82, 2.24) is 15.3 Å². The van der Waals surface area contributed by atoms with Crippen molar-refractivity contribution >= 4 is 27.5 Å². The van der Waals surface area contributed by atoms with Crippen LogP contribution in [0.4, 0.5) is 0 Å². The number of hydrogen-bond donors (Lipinski definition) is 3. The molecular weight excluding hydrogens is 346 g/mol. The second-order valence-corrected chi connectivity index (χ2v) is 7.44. The Morgan fingerprint density at radius 2 is 2.07 bits per heavy atom. The summed E-state index contributed by atoms with van der Waals surface area (Å²) < 4.78 is 5.88. The molecule has 3 aromatic rings. The number of nitrogens with one attached hydrogen (secondary N) is 2. The van der Waals surface area contributed by atoms with Crippen LogP contribution in [-0.2, 0) is 10.4 Å². The molecule has 0 spiro atoms. The molecule has 1 fully saturated rings. The Morgan fingerprint density at radius 3 is 2.78 bits per heavy atom. The topological polar surface area (TPSA) is 104 Å². The lowest BCUT2D eigenvalue weighted by Gasteiger charge is -2.20. The third kappa shape index (κ3) is 3.26. The van der Waals surface area contributed by atoms with Gasteiger partial charge in [-0.15, -0.1) is 0 Å². The Labute approximate surface area is 155 Å². The number of carbonyl (C=O) groups is 1. The fourth-order valence-electron chi connectivity index (χ4n) is 3.50. The van der Waals surface area contributed by atoms with Crippen molar-refractivity contribution in [3.63, 3.8) is 0 Å². The zero-order valence-corrected chi connectivity index (χ0v) is 15.2. The van der Waals surface area contributed by atoms with Crippen molar-refractivity contribution < 1.29 is 14.6 Å². The van der Waals surface area contributed by atoms with E-state index in [1.54, 1.807) is 32.3 Å². The summed E-state index contributed by atoms with van der Waals surface area (Å²) in [5.41, 5.74) is -0.710. The molecule has 3 N–H and O–H groups in total. The molecule has 1 amide bonds. The Balaban J connectivity index is 1.81. The average Bonchev–Trinajstić information content (AvgIpc) is 3.03. The summed E-state index contributed by atoms with van der Waals surface area (Å²) in [6.07, 6.45) is 4.43. The Morgan fingerprint density at radius 1 is 1.26 bits per heavy atom. The number of amides is 1.